The molecule has 0 amide bonds. The molecular weight excluding hydrogens is 176 g/mol. The molecule has 0 aliphatic rings. The summed E-state index contributed by atoms with van der Waals surface area (Å²) >= 11 is 0. The van der Waals surface area contributed by atoms with E-state index >= 15 is 0 Å². The highest BCUT2D eigenvalue weighted by Crippen LogP contribution is 2.12. The first-order valence-corrected chi connectivity index (χ1v) is 4.55. The van der Waals surface area contributed by atoms with Crippen molar-refractivity contribution in [3.63, 3.8) is 0 Å². The number of hydrogen-bond donors (Lipinski definition) is 1. The van der Waals surface area contributed by atoms with Crippen LogP contribution in [0.15, 0.2) is 36.5 Å². The van der Waals surface area contributed by atoms with Gasteiger partial charge in [0.15, 0.2) is 0 Å². The summed E-state index contributed by atoms with van der Waals surface area (Å²) in [5, 5.41) is 1.15. The number of hydrogen-bond acceptors (Lipinski definition) is 3. The maximum atomic E-state index is 4.97. The van der Waals surface area contributed by atoms with Gasteiger partial charge in [0, 0.05) is 11.6 Å². The third-order valence-corrected chi connectivity index (χ3v) is 2.16. The van der Waals surface area contributed by atoms with Crippen molar-refractivity contribution >= 4 is 10.9 Å². The molecule has 2 aromatic rings. The van der Waals surface area contributed by atoms with Gasteiger partial charge in [-0.2, -0.15) is 0 Å². The molecule has 3 nitrogen and oxygen atoms in total. The zero-order chi connectivity index (χ0) is 9.80. The number of rotatable bonds is 3. The minimum absolute atomic E-state index is 0.528. The van der Waals surface area contributed by atoms with Gasteiger partial charge >= 0.3 is 0 Å². The lowest BCUT2D eigenvalue weighted by Crippen LogP contribution is -2.03. The number of aromatic nitrogens is 1. The van der Waals surface area contributed by atoms with Crippen LogP contribution < -0.4 is 5.90 Å². The topological polar surface area (TPSA) is 48.1 Å². The molecule has 0 saturated carbocycles. The lowest BCUT2D eigenvalue weighted by molar-refractivity contribution is 0.141. The minimum atomic E-state index is 0.528. The van der Waals surface area contributed by atoms with Gasteiger partial charge in [0.1, 0.15) is 0 Å². The van der Waals surface area contributed by atoms with Crippen LogP contribution in [0.5, 0.6) is 0 Å². The molecular formula is C11H12N2O. The summed E-state index contributed by atoms with van der Waals surface area (Å²) in [6.07, 6.45) is 2.66. The highest BCUT2D eigenvalue weighted by atomic mass is 16.6. The molecule has 0 aliphatic heterocycles. The molecule has 0 radical (unpaired) electrons. The van der Waals surface area contributed by atoms with Gasteiger partial charge in [-0.1, -0.05) is 18.2 Å². The van der Waals surface area contributed by atoms with E-state index in [9.17, 15) is 0 Å². The molecule has 0 atom stereocenters. The molecule has 0 bridgehead atoms. The number of fused-ring (bicyclic) bond motifs is 1. The Kier molecular flexibility index (Phi) is 2.72. The zero-order valence-corrected chi connectivity index (χ0v) is 7.81. The van der Waals surface area contributed by atoms with Gasteiger partial charge in [-0.25, -0.2) is 5.90 Å². The molecule has 0 unspecified atom stereocenters. The smallest absolute Gasteiger partial charge is 0.0720 e. The second kappa shape index (κ2) is 4.17. The van der Waals surface area contributed by atoms with Crippen LogP contribution in [0.1, 0.15) is 5.56 Å². The SMILES string of the molecule is NOCCc1cnc2ccccc2c1. The van der Waals surface area contributed by atoms with Gasteiger partial charge in [-0.05, 0) is 24.1 Å². The minimum Gasteiger partial charge on any atom is -0.304 e. The molecule has 1 aromatic carbocycles. The van der Waals surface area contributed by atoms with Crippen molar-refractivity contribution in [3.05, 3.63) is 42.1 Å². The average molecular weight is 188 g/mol. The molecule has 0 aliphatic carbocycles. The highest BCUT2D eigenvalue weighted by Gasteiger charge is 1.96. The second-order valence-electron chi connectivity index (χ2n) is 3.16. The van der Waals surface area contributed by atoms with Crippen LogP contribution in [0.4, 0.5) is 0 Å². The Morgan fingerprint density at radius 2 is 2.14 bits per heavy atom. The maximum Gasteiger partial charge on any atom is 0.0720 e. The van der Waals surface area contributed by atoms with Gasteiger partial charge < -0.3 is 4.84 Å². The number of para-hydroxylation sites is 1. The standard InChI is InChI=1S/C11H12N2O/c12-14-6-5-9-7-10-3-1-2-4-11(10)13-8-9/h1-4,7-8H,5-6,12H2. The number of pyridine rings is 1. The van der Waals surface area contributed by atoms with Gasteiger partial charge in [-0.3, -0.25) is 4.98 Å². The van der Waals surface area contributed by atoms with Crippen molar-refractivity contribution in [2.75, 3.05) is 6.61 Å². The van der Waals surface area contributed by atoms with Crippen molar-refractivity contribution in [2.45, 2.75) is 6.42 Å². The largest absolute Gasteiger partial charge is 0.304 e. The Balaban J connectivity index is 2.32. The molecule has 1 heterocycles. The monoisotopic (exact) mass is 188 g/mol. The van der Waals surface area contributed by atoms with Crippen LogP contribution in [-0.2, 0) is 11.3 Å². The van der Waals surface area contributed by atoms with E-state index in [4.69, 9.17) is 5.90 Å². The third-order valence-electron chi connectivity index (χ3n) is 2.16. The fourth-order valence-electron chi connectivity index (χ4n) is 1.43. The van der Waals surface area contributed by atoms with Crippen LogP contribution in [0, 0.1) is 0 Å². The fraction of sp³-hybridized carbons (Fsp3) is 0.182. The van der Waals surface area contributed by atoms with E-state index in [1.807, 2.05) is 24.4 Å². The average Bonchev–Trinajstić information content (AvgIpc) is 2.26. The normalized spacial score (nSPS) is 10.6. The number of nitrogens with two attached hydrogens (primary N) is 1. The molecule has 0 saturated heterocycles. The molecule has 3 heteroatoms. The zero-order valence-electron chi connectivity index (χ0n) is 7.81. The fourth-order valence-corrected chi connectivity index (χ4v) is 1.43. The van der Waals surface area contributed by atoms with E-state index in [1.54, 1.807) is 0 Å². The van der Waals surface area contributed by atoms with Crippen molar-refractivity contribution in [2.24, 2.45) is 5.90 Å². The Morgan fingerprint density at radius 1 is 1.29 bits per heavy atom. The summed E-state index contributed by atoms with van der Waals surface area (Å²) in [6, 6.07) is 10.2. The molecule has 0 fully saturated rings. The van der Waals surface area contributed by atoms with Crippen molar-refractivity contribution in [1.29, 1.82) is 0 Å². The first-order valence-electron chi connectivity index (χ1n) is 4.55. The molecule has 14 heavy (non-hydrogen) atoms. The van der Waals surface area contributed by atoms with E-state index in [0.29, 0.717) is 6.61 Å². The second-order valence-corrected chi connectivity index (χ2v) is 3.16. The molecule has 0 spiro atoms. The highest BCUT2D eigenvalue weighted by molar-refractivity contribution is 5.78. The quantitative estimate of drug-likeness (QED) is 0.745. The van der Waals surface area contributed by atoms with Crippen LogP contribution in [0.3, 0.4) is 0 Å². The van der Waals surface area contributed by atoms with Crippen LogP contribution >= 0.6 is 0 Å². The van der Waals surface area contributed by atoms with E-state index in [2.05, 4.69) is 22.0 Å². The summed E-state index contributed by atoms with van der Waals surface area (Å²) in [5.74, 6) is 4.97. The third kappa shape index (κ3) is 1.89. The molecule has 1 aromatic heterocycles. The lowest BCUT2D eigenvalue weighted by Gasteiger charge is -2.01. The van der Waals surface area contributed by atoms with Crippen LogP contribution in [-0.4, -0.2) is 11.6 Å². The first kappa shape index (κ1) is 9.12. The summed E-state index contributed by atoms with van der Waals surface area (Å²) in [7, 11) is 0. The Morgan fingerprint density at radius 3 is 3.00 bits per heavy atom. The predicted molar refractivity (Wildman–Crippen MR) is 55.6 cm³/mol. The van der Waals surface area contributed by atoms with E-state index in [1.165, 1.54) is 0 Å². The number of benzene rings is 1. The van der Waals surface area contributed by atoms with Crippen molar-refractivity contribution < 1.29 is 4.84 Å². The van der Waals surface area contributed by atoms with Crippen LogP contribution in [0.2, 0.25) is 0 Å². The molecule has 72 valence electrons. The summed E-state index contributed by atoms with van der Waals surface area (Å²) in [4.78, 5) is 8.87. The van der Waals surface area contributed by atoms with Gasteiger partial charge in [0.2, 0.25) is 0 Å². The molecule has 2 rings (SSSR count). The van der Waals surface area contributed by atoms with Crippen molar-refractivity contribution in [3.8, 4) is 0 Å². The molecule has 2 N–H and O–H groups in total. The van der Waals surface area contributed by atoms with Gasteiger partial charge in [-0.15, -0.1) is 0 Å². The van der Waals surface area contributed by atoms with Crippen LogP contribution in [0.25, 0.3) is 10.9 Å². The van der Waals surface area contributed by atoms with E-state index < -0.39 is 0 Å². The Bertz CT molecular complexity index is 428. The summed E-state index contributed by atoms with van der Waals surface area (Å²) in [5.41, 5.74) is 2.17. The first-order chi connectivity index (χ1) is 6.90. The van der Waals surface area contributed by atoms with E-state index in [0.717, 1.165) is 22.9 Å². The van der Waals surface area contributed by atoms with E-state index in [-0.39, 0.29) is 0 Å². The predicted octanol–water partition coefficient (Wildman–Crippen LogP) is 1.67. The van der Waals surface area contributed by atoms with Gasteiger partial charge in [0.25, 0.3) is 0 Å². The lowest BCUT2D eigenvalue weighted by atomic mass is 10.1. The van der Waals surface area contributed by atoms with Crippen molar-refractivity contribution in [1.82, 2.24) is 4.98 Å². The van der Waals surface area contributed by atoms with Gasteiger partial charge in [0.05, 0.1) is 12.1 Å². The maximum absolute atomic E-state index is 4.97. The Hall–Kier alpha value is -1.45. The summed E-state index contributed by atoms with van der Waals surface area (Å²) < 4.78 is 0. The number of nitrogens with zero attached hydrogens (tertiary/aromatic N) is 1. The summed E-state index contributed by atoms with van der Waals surface area (Å²) in [6.45, 7) is 0.528. The Labute approximate surface area is 82.5 Å².